The Kier molecular flexibility index (Phi) is 5.06. The molecule has 7 heteroatoms. The fourth-order valence-electron chi connectivity index (χ4n) is 3.71. The summed E-state index contributed by atoms with van der Waals surface area (Å²) >= 11 is 0. The van der Waals surface area contributed by atoms with E-state index in [1.807, 2.05) is 18.2 Å². The highest BCUT2D eigenvalue weighted by molar-refractivity contribution is 5.98. The maximum atomic E-state index is 12.7. The first-order chi connectivity index (χ1) is 16.1. The standard InChI is InChI=1S/C26H18O7/c1-29-20-8-4-3-7-17(20)26(28)31-16-10-11-21-18(13-16)19(14-24(27)32-21)23-12-15-6-5-9-22(30-2)25(15)33-23/h3-14H,1-2H3. The molecule has 0 aliphatic rings. The number of esters is 1. The van der Waals surface area contributed by atoms with Gasteiger partial charge in [0.1, 0.15) is 28.4 Å². The third-order valence-corrected chi connectivity index (χ3v) is 5.24. The van der Waals surface area contributed by atoms with Crippen LogP contribution in [0.2, 0.25) is 0 Å². The number of furan rings is 1. The van der Waals surface area contributed by atoms with E-state index in [1.54, 1.807) is 55.6 Å². The number of fused-ring (bicyclic) bond motifs is 2. The predicted octanol–water partition coefficient (Wildman–Crippen LogP) is 5.44. The molecule has 0 radical (unpaired) electrons. The van der Waals surface area contributed by atoms with Gasteiger partial charge >= 0.3 is 11.6 Å². The van der Waals surface area contributed by atoms with Crippen molar-refractivity contribution in [3.05, 3.63) is 88.8 Å². The van der Waals surface area contributed by atoms with Crippen molar-refractivity contribution in [3.8, 4) is 28.6 Å². The molecule has 0 aliphatic heterocycles. The largest absolute Gasteiger partial charge is 0.496 e. The van der Waals surface area contributed by atoms with Crippen LogP contribution in [0.4, 0.5) is 0 Å². The second-order valence-corrected chi connectivity index (χ2v) is 7.22. The van der Waals surface area contributed by atoms with Crippen molar-refractivity contribution in [2.45, 2.75) is 0 Å². The van der Waals surface area contributed by atoms with Gasteiger partial charge in [-0.05, 0) is 42.5 Å². The molecule has 0 aliphatic carbocycles. The minimum atomic E-state index is -0.570. The van der Waals surface area contributed by atoms with Crippen LogP contribution in [0, 0.1) is 0 Å². The fraction of sp³-hybridized carbons (Fsp3) is 0.0769. The molecule has 5 aromatic rings. The van der Waals surface area contributed by atoms with Gasteiger partial charge in [-0.3, -0.25) is 0 Å². The van der Waals surface area contributed by atoms with Crippen LogP contribution < -0.4 is 19.8 Å². The minimum Gasteiger partial charge on any atom is -0.496 e. The maximum absolute atomic E-state index is 12.7. The van der Waals surface area contributed by atoms with Gasteiger partial charge < -0.3 is 23.0 Å². The van der Waals surface area contributed by atoms with E-state index in [0.29, 0.717) is 44.9 Å². The summed E-state index contributed by atoms with van der Waals surface area (Å²) in [5.41, 5.74) is 1.18. The molecule has 2 heterocycles. The third kappa shape index (κ3) is 3.70. The lowest BCUT2D eigenvalue weighted by atomic mass is 10.1. The van der Waals surface area contributed by atoms with Crippen molar-refractivity contribution in [1.82, 2.24) is 0 Å². The Bertz CT molecular complexity index is 1560. The number of carbonyl (C=O) groups is 1. The lowest BCUT2D eigenvalue weighted by Crippen LogP contribution is -2.10. The number of methoxy groups -OCH3 is 2. The van der Waals surface area contributed by atoms with Gasteiger partial charge in [-0.2, -0.15) is 0 Å². The molecule has 0 saturated heterocycles. The molecule has 33 heavy (non-hydrogen) atoms. The monoisotopic (exact) mass is 442 g/mol. The summed E-state index contributed by atoms with van der Waals surface area (Å²) < 4.78 is 27.6. The first kappa shape index (κ1) is 20.4. The van der Waals surface area contributed by atoms with Gasteiger partial charge in [-0.25, -0.2) is 9.59 Å². The van der Waals surface area contributed by atoms with Gasteiger partial charge in [0.2, 0.25) is 0 Å². The van der Waals surface area contributed by atoms with E-state index >= 15 is 0 Å². The number of ether oxygens (including phenoxy) is 3. The Morgan fingerprint density at radius 3 is 2.42 bits per heavy atom. The summed E-state index contributed by atoms with van der Waals surface area (Å²) in [5, 5.41) is 1.38. The van der Waals surface area contributed by atoms with Gasteiger partial charge in [-0.15, -0.1) is 0 Å². The van der Waals surface area contributed by atoms with Crippen LogP contribution in [0.25, 0.3) is 33.3 Å². The summed E-state index contributed by atoms with van der Waals surface area (Å²) in [6.45, 7) is 0. The third-order valence-electron chi connectivity index (χ3n) is 5.24. The first-order valence-corrected chi connectivity index (χ1v) is 10.1. The van der Waals surface area contributed by atoms with E-state index in [4.69, 9.17) is 23.0 Å². The first-order valence-electron chi connectivity index (χ1n) is 10.1. The van der Waals surface area contributed by atoms with Crippen LogP contribution in [0.15, 0.2) is 86.4 Å². The number of hydrogen-bond donors (Lipinski definition) is 0. The number of carbonyl (C=O) groups excluding carboxylic acids is 1. The van der Waals surface area contributed by atoms with Crippen LogP contribution in [0.5, 0.6) is 17.2 Å². The maximum Gasteiger partial charge on any atom is 0.347 e. The number of para-hydroxylation sites is 2. The molecule has 7 nitrogen and oxygen atoms in total. The topological polar surface area (TPSA) is 88.1 Å². The molecule has 2 aromatic heterocycles. The molecular formula is C26H18O7. The molecule has 0 spiro atoms. The SMILES string of the molecule is COc1ccccc1C(=O)Oc1ccc2oc(=O)cc(-c3cc4cccc(OC)c4o3)c2c1. The van der Waals surface area contributed by atoms with E-state index < -0.39 is 11.6 Å². The average molecular weight is 442 g/mol. The second-order valence-electron chi connectivity index (χ2n) is 7.22. The highest BCUT2D eigenvalue weighted by atomic mass is 16.5. The summed E-state index contributed by atoms with van der Waals surface area (Å²) in [4.78, 5) is 24.9. The normalized spacial score (nSPS) is 11.0. The van der Waals surface area contributed by atoms with E-state index in [-0.39, 0.29) is 5.75 Å². The summed E-state index contributed by atoms with van der Waals surface area (Å²) in [5.74, 6) is 1.16. The molecule has 164 valence electrons. The molecule has 0 unspecified atom stereocenters. The quantitative estimate of drug-likeness (QED) is 0.203. The Hall–Kier alpha value is -4.52. The Morgan fingerprint density at radius 1 is 0.818 bits per heavy atom. The van der Waals surface area contributed by atoms with Gasteiger partial charge in [0.25, 0.3) is 0 Å². The Labute approximate surface area is 187 Å². The molecule has 3 aromatic carbocycles. The Morgan fingerprint density at radius 2 is 1.61 bits per heavy atom. The zero-order chi connectivity index (χ0) is 22.9. The second kappa shape index (κ2) is 8.20. The molecule has 0 N–H and O–H groups in total. The van der Waals surface area contributed by atoms with Crippen LogP contribution >= 0.6 is 0 Å². The highest BCUT2D eigenvalue weighted by Gasteiger charge is 2.18. The van der Waals surface area contributed by atoms with Crippen LogP contribution in [-0.4, -0.2) is 20.2 Å². The average Bonchev–Trinajstić information content (AvgIpc) is 3.28. The summed E-state index contributed by atoms with van der Waals surface area (Å²) in [7, 11) is 3.05. The molecule has 5 rings (SSSR count). The fourth-order valence-corrected chi connectivity index (χ4v) is 3.71. The van der Waals surface area contributed by atoms with Gasteiger partial charge in [0, 0.05) is 22.4 Å². The predicted molar refractivity (Wildman–Crippen MR) is 122 cm³/mol. The van der Waals surface area contributed by atoms with E-state index in [1.165, 1.54) is 13.2 Å². The molecule has 0 bridgehead atoms. The van der Waals surface area contributed by atoms with Crippen molar-refractivity contribution < 1.29 is 27.8 Å². The van der Waals surface area contributed by atoms with E-state index in [2.05, 4.69) is 0 Å². The van der Waals surface area contributed by atoms with E-state index in [9.17, 15) is 9.59 Å². The van der Waals surface area contributed by atoms with Crippen LogP contribution in [0.1, 0.15) is 10.4 Å². The molecule has 0 fully saturated rings. The zero-order valence-corrected chi connectivity index (χ0v) is 17.8. The highest BCUT2D eigenvalue weighted by Crippen LogP contribution is 2.36. The van der Waals surface area contributed by atoms with Crippen molar-refractivity contribution in [3.63, 3.8) is 0 Å². The number of benzene rings is 3. The van der Waals surface area contributed by atoms with Crippen molar-refractivity contribution in [1.29, 1.82) is 0 Å². The van der Waals surface area contributed by atoms with Gasteiger partial charge in [-0.1, -0.05) is 24.3 Å². The molecule has 0 amide bonds. The Balaban J connectivity index is 1.60. The van der Waals surface area contributed by atoms with Crippen LogP contribution in [0.3, 0.4) is 0 Å². The lowest BCUT2D eigenvalue weighted by molar-refractivity contribution is 0.0731. The molecule has 0 saturated carbocycles. The molecule has 0 atom stereocenters. The van der Waals surface area contributed by atoms with Gasteiger partial charge in [0.05, 0.1) is 14.2 Å². The lowest BCUT2D eigenvalue weighted by Gasteiger charge is -2.09. The van der Waals surface area contributed by atoms with Crippen molar-refractivity contribution in [2.75, 3.05) is 14.2 Å². The van der Waals surface area contributed by atoms with E-state index in [0.717, 1.165) is 5.39 Å². The summed E-state index contributed by atoms with van der Waals surface area (Å²) in [6.07, 6.45) is 0. The minimum absolute atomic E-state index is 0.280. The molecular weight excluding hydrogens is 424 g/mol. The van der Waals surface area contributed by atoms with Crippen LogP contribution in [-0.2, 0) is 0 Å². The van der Waals surface area contributed by atoms with Gasteiger partial charge in [0.15, 0.2) is 11.3 Å². The smallest absolute Gasteiger partial charge is 0.347 e. The number of hydrogen-bond acceptors (Lipinski definition) is 7. The van der Waals surface area contributed by atoms with Crippen molar-refractivity contribution in [2.24, 2.45) is 0 Å². The number of rotatable bonds is 5. The van der Waals surface area contributed by atoms with Crippen molar-refractivity contribution >= 4 is 27.9 Å². The summed E-state index contributed by atoms with van der Waals surface area (Å²) in [6, 6.07) is 20.3. The zero-order valence-electron chi connectivity index (χ0n) is 17.8.